The van der Waals surface area contributed by atoms with Crippen molar-refractivity contribution in [1.82, 2.24) is 30.3 Å². The first-order valence-corrected chi connectivity index (χ1v) is 15.6. The molecule has 2 aromatic heterocycles. The molecule has 11 heteroatoms. The SMILES string of the molecule is CC1NC(=O)c2ccc(Nc3ncc(-c4nc(C56CCN(CC5)CC6)no4)c(N[C@H](CO)c4ccccc4)n3)cc2C12CC2. The van der Waals surface area contributed by atoms with Crippen LogP contribution in [0.2, 0.25) is 0 Å². The molecule has 11 nitrogen and oxygen atoms in total. The van der Waals surface area contributed by atoms with Crippen LogP contribution < -0.4 is 16.0 Å². The van der Waals surface area contributed by atoms with Crippen molar-refractivity contribution in [3.05, 3.63) is 77.2 Å². The van der Waals surface area contributed by atoms with Crippen molar-refractivity contribution in [2.24, 2.45) is 0 Å². The summed E-state index contributed by atoms with van der Waals surface area (Å²) in [4.78, 5) is 29.6. The Morgan fingerprint density at radius 2 is 1.82 bits per heavy atom. The number of rotatable bonds is 8. The third-order valence-electron chi connectivity index (χ3n) is 10.4. The van der Waals surface area contributed by atoms with Crippen LogP contribution in [-0.2, 0) is 10.8 Å². The molecule has 226 valence electrons. The number of aliphatic hydroxyl groups is 1. The molecule has 2 aromatic carbocycles. The lowest BCUT2D eigenvalue weighted by atomic mass is 9.71. The van der Waals surface area contributed by atoms with Gasteiger partial charge in [-0.25, -0.2) is 4.98 Å². The Labute approximate surface area is 255 Å². The van der Waals surface area contributed by atoms with Crippen molar-refractivity contribution in [1.29, 1.82) is 0 Å². The Hall–Kier alpha value is -4.35. The van der Waals surface area contributed by atoms with E-state index in [1.165, 1.54) is 0 Å². The predicted octanol–water partition coefficient (Wildman–Crippen LogP) is 4.32. The molecule has 4 aromatic rings. The van der Waals surface area contributed by atoms with E-state index >= 15 is 0 Å². The Morgan fingerprint density at radius 1 is 1.05 bits per heavy atom. The number of amides is 1. The van der Waals surface area contributed by atoms with Crippen LogP contribution in [-0.4, -0.2) is 68.3 Å². The summed E-state index contributed by atoms with van der Waals surface area (Å²) in [6.45, 7) is 5.12. The average molecular weight is 593 g/mol. The molecule has 9 rings (SSSR count). The number of fused-ring (bicyclic) bond motifs is 5. The van der Waals surface area contributed by atoms with E-state index < -0.39 is 6.04 Å². The molecule has 2 bridgehead atoms. The molecule has 5 aliphatic rings. The van der Waals surface area contributed by atoms with E-state index in [0.29, 0.717) is 23.2 Å². The minimum absolute atomic E-state index is 0.00743. The van der Waals surface area contributed by atoms with Crippen LogP contribution in [0, 0.1) is 0 Å². The molecular weight excluding hydrogens is 556 g/mol. The van der Waals surface area contributed by atoms with E-state index in [-0.39, 0.29) is 29.4 Å². The molecular formula is C33H36N8O3. The number of aromatic nitrogens is 4. The largest absolute Gasteiger partial charge is 0.394 e. The van der Waals surface area contributed by atoms with Gasteiger partial charge < -0.3 is 30.5 Å². The summed E-state index contributed by atoms with van der Waals surface area (Å²) in [5.41, 5.74) is 4.04. The molecule has 2 atom stereocenters. The zero-order valence-electron chi connectivity index (χ0n) is 24.7. The van der Waals surface area contributed by atoms with Gasteiger partial charge >= 0.3 is 0 Å². The Morgan fingerprint density at radius 3 is 2.55 bits per heavy atom. The second kappa shape index (κ2) is 10.4. The molecule has 4 N–H and O–H groups in total. The van der Waals surface area contributed by atoms with Crippen LogP contribution in [0.1, 0.15) is 72.4 Å². The first kappa shape index (κ1) is 27.2. The molecule has 6 heterocycles. The predicted molar refractivity (Wildman–Crippen MR) is 165 cm³/mol. The number of nitrogens with one attached hydrogen (secondary N) is 3. The van der Waals surface area contributed by atoms with E-state index in [9.17, 15) is 9.90 Å². The Balaban J connectivity index is 1.14. The van der Waals surface area contributed by atoms with Crippen LogP contribution >= 0.6 is 0 Å². The normalized spacial score (nSPS) is 25.3. The van der Waals surface area contributed by atoms with Crippen molar-refractivity contribution in [3.63, 3.8) is 0 Å². The highest BCUT2D eigenvalue weighted by Gasteiger charge is 2.53. The molecule has 1 unspecified atom stereocenters. The second-order valence-corrected chi connectivity index (χ2v) is 12.8. The molecule has 44 heavy (non-hydrogen) atoms. The molecule has 1 amide bonds. The van der Waals surface area contributed by atoms with Gasteiger partial charge in [0.2, 0.25) is 5.95 Å². The molecule has 1 aliphatic carbocycles. The summed E-state index contributed by atoms with van der Waals surface area (Å²) in [5.74, 6) is 1.92. The molecule has 4 aliphatic heterocycles. The van der Waals surface area contributed by atoms with Gasteiger partial charge in [-0.3, -0.25) is 4.79 Å². The number of nitrogens with zero attached hydrogens (tertiary/aromatic N) is 5. The Kier molecular flexibility index (Phi) is 6.42. The lowest BCUT2D eigenvalue weighted by Crippen LogP contribution is -2.51. The molecule has 1 saturated carbocycles. The zero-order valence-corrected chi connectivity index (χ0v) is 24.7. The van der Waals surface area contributed by atoms with E-state index in [0.717, 1.165) is 79.9 Å². The van der Waals surface area contributed by atoms with Crippen molar-refractivity contribution in [3.8, 4) is 11.5 Å². The zero-order chi connectivity index (χ0) is 29.9. The maximum atomic E-state index is 12.7. The highest BCUT2D eigenvalue weighted by molar-refractivity contribution is 5.98. The lowest BCUT2D eigenvalue weighted by molar-refractivity contribution is 0.0747. The number of hydrogen-bond donors (Lipinski definition) is 4. The van der Waals surface area contributed by atoms with Gasteiger partial charge in [0.05, 0.1) is 12.6 Å². The summed E-state index contributed by atoms with van der Waals surface area (Å²) in [6, 6.07) is 15.2. The van der Waals surface area contributed by atoms with Gasteiger partial charge in [0.25, 0.3) is 11.8 Å². The fraction of sp³-hybridized carbons (Fsp3) is 0.424. The van der Waals surface area contributed by atoms with E-state index in [4.69, 9.17) is 14.5 Å². The number of carbonyl (C=O) groups excluding carboxylic acids is 1. The van der Waals surface area contributed by atoms with Crippen LogP contribution in [0.5, 0.6) is 0 Å². The fourth-order valence-corrected chi connectivity index (χ4v) is 7.35. The summed E-state index contributed by atoms with van der Waals surface area (Å²) in [5, 5.41) is 24.7. The van der Waals surface area contributed by atoms with Gasteiger partial charge in [0.15, 0.2) is 5.82 Å². The number of benzene rings is 2. The maximum Gasteiger partial charge on any atom is 0.263 e. The van der Waals surface area contributed by atoms with Gasteiger partial charge in [-0.15, -0.1) is 0 Å². The number of piperidine rings is 3. The van der Waals surface area contributed by atoms with Crippen molar-refractivity contribution in [2.75, 3.05) is 36.9 Å². The maximum absolute atomic E-state index is 12.7. The third-order valence-corrected chi connectivity index (χ3v) is 10.4. The summed E-state index contributed by atoms with van der Waals surface area (Å²) in [7, 11) is 0. The highest BCUT2D eigenvalue weighted by Crippen LogP contribution is 2.54. The van der Waals surface area contributed by atoms with Gasteiger partial charge in [-0.2, -0.15) is 9.97 Å². The topological polar surface area (TPSA) is 141 Å². The molecule has 3 saturated heterocycles. The number of carbonyl (C=O) groups is 1. The van der Waals surface area contributed by atoms with Gasteiger partial charge in [0.1, 0.15) is 11.4 Å². The van der Waals surface area contributed by atoms with Crippen LogP contribution in [0.15, 0.2) is 59.3 Å². The van der Waals surface area contributed by atoms with E-state index in [2.05, 4.69) is 44.0 Å². The van der Waals surface area contributed by atoms with Gasteiger partial charge in [-0.1, -0.05) is 35.5 Å². The lowest BCUT2D eigenvalue weighted by Gasteiger charge is -2.46. The standard InChI is InChI=1S/C33H36N8O3/c1-20-33(9-10-33)25-17-22(7-8-23(25)28(43)35-20)36-31-34-18-24(27(38-31)37-26(19-42)21-5-3-2-4-6-21)29-39-30(40-44-29)32-11-14-41(15-12-32)16-13-32/h2-8,17-18,20,26,42H,9-16,19H2,1H3,(H,35,43)(H2,34,36,37,38)/t20?,26-/m1/s1. The van der Waals surface area contributed by atoms with E-state index in [1.54, 1.807) is 6.20 Å². The molecule has 4 fully saturated rings. The summed E-state index contributed by atoms with van der Waals surface area (Å²) in [6.07, 6.45) is 6.88. The first-order valence-electron chi connectivity index (χ1n) is 15.6. The minimum atomic E-state index is -0.417. The van der Waals surface area contributed by atoms with Crippen molar-refractivity contribution < 1.29 is 14.4 Å². The van der Waals surface area contributed by atoms with E-state index in [1.807, 2.05) is 42.5 Å². The first-order chi connectivity index (χ1) is 21.5. The quantitative estimate of drug-likeness (QED) is 0.234. The number of anilines is 3. The van der Waals surface area contributed by atoms with Crippen LogP contribution in [0.3, 0.4) is 0 Å². The smallest absolute Gasteiger partial charge is 0.263 e. The second-order valence-electron chi connectivity index (χ2n) is 12.8. The average Bonchev–Trinajstić information content (AvgIpc) is 3.72. The van der Waals surface area contributed by atoms with Crippen molar-refractivity contribution >= 4 is 23.4 Å². The molecule has 0 radical (unpaired) electrons. The number of aliphatic hydroxyl groups excluding tert-OH is 1. The summed E-state index contributed by atoms with van der Waals surface area (Å²) < 4.78 is 5.86. The highest BCUT2D eigenvalue weighted by atomic mass is 16.5. The van der Waals surface area contributed by atoms with Crippen molar-refractivity contribution in [2.45, 2.75) is 61.9 Å². The van der Waals surface area contributed by atoms with Gasteiger partial charge in [-0.05, 0) is 88.0 Å². The minimum Gasteiger partial charge on any atom is -0.394 e. The van der Waals surface area contributed by atoms with Crippen LogP contribution in [0.4, 0.5) is 17.5 Å². The van der Waals surface area contributed by atoms with Crippen LogP contribution in [0.25, 0.3) is 11.5 Å². The third kappa shape index (κ3) is 4.53. The van der Waals surface area contributed by atoms with Gasteiger partial charge in [0, 0.05) is 34.3 Å². The number of hydrogen-bond acceptors (Lipinski definition) is 10. The summed E-state index contributed by atoms with van der Waals surface area (Å²) >= 11 is 0. The fourth-order valence-electron chi connectivity index (χ4n) is 7.35. The molecule has 1 spiro atoms. The Bertz CT molecular complexity index is 1700. The monoisotopic (exact) mass is 592 g/mol.